The number of hydrogen-bond donors (Lipinski definition) is 2. The van der Waals surface area contributed by atoms with Crippen LogP contribution < -0.4 is 5.32 Å². The first-order valence-corrected chi connectivity index (χ1v) is 7.64. The maximum absolute atomic E-state index is 9.06. The lowest BCUT2D eigenvalue weighted by atomic mass is 10.2. The van der Waals surface area contributed by atoms with Crippen LogP contribution in [0, 0.1) is 11.8 Å². The molecule has 1 unspecified atom stereocenters. The highest BCUT2D eigenvalue weighted by Crippen LogP contribution is 2.24. The summed E-state index contributed by atoms with van der Waals surface area (Å²) in [6.45, 7) is 8.75. The Kier molecular flexibility index (Phi) is 7.40. The molecular formula is C15H25NOS. The van der Waals surface area contributed by atoms with Gasteiger partial charge in [-0.3, -0.25) is 0 Å². The van der Waals surface area contributed by atoms with Crippen molar-refractivity contribution in [1.82, 2.24) is 5.32 Å². The van der Waals surface area contributed by atoms with Crippen molar-refractivity contribution in [1.29, 1.82) is 0 Å². The molecule has 0 bridgehead atoms. The summed E-state index contributed by atoms with van der Waals surface area (Å²) in [6, 6.07) is 8.52. The van der Waals surface area contributed by atoms with Crippen LogP contribution in [0.2, 0.25) is 0 Å². The average molecular weight is 267 g/mol. The van der Waals surface area contributed by atoms with Crippen LogP contribution in [-0.2, 0) is 6.54 Å². The van der Waals surface area contributed by atoms with Crippen molar-refractivity contribution in [3.63, 3.8) is 0 Å². The minimum absolute atomic E-state index is 0.265. The van der Waals surface area contributed by atoms with E-state index in [0.29, 0.717) is 11.8 Å². The van der Waals surface area contributed by atoms with Crippen molar-refractivity contribution in [2.75, 3.05) is 18.9 Å². The molecule has 0 aromatic heterocycles. The van der Waals surface area contributed by atoms with Crippen molar-refractivity contribution in [2.24, 2.45) is 11.8 Å². The smallest absolute Gasteiger partial charge is 0.0464 e. The maximum atomic E-state index is 9.06. The Morgan fingerprint density at radius 2 is 1.94 bits per heavy atom. The average Bonchev–Trinajstić information content (AvgIpc) is 2.36. The summed E-state index contributed by atoms with van der Waals surface area (Å²) in [7, 11) is 0. The SMILES string of the molecule is CC(C)CNCc1ccccc1SCC(C)CO. The van der Waals surface area contributed by atoms with Crippen LogP contribution in [0.1, 0.15) is 26.3 Å². The number of thioether (sulfide) groups is 1. The third-order valence-corrected chi connectivity index (χ3v) is 4.12. The highest BCUT2D eigenvalue weighted by Gasteiger charge is 2.05. The lowest BCUT2D eigenvalue weighted by molar-refractivity contribution is 0.250. The number of aliphatic hydroxyl groups is 1. The quantitative estimate of drug-likeness (QED) is 0.710. The van der Waals surface area contributed by atoms with Gasteiger partial charge in [0.2, 0.25) is 0 Å². The summed E-state index contributed by atoms with van der Waals surface area (Å²) >= 11 is 1.84. The molecular weight excluding hydrogens is 242 g/mol. The molecule has 0 spiro atoms. The lowest BCUT2D eigenvalue weighted by Crippen LogP contribution is -2.19. The van der Waals surface area contributed by atoms with Gasteiger partial charge in [0.15, 0.2) is 0 Å². The van der Waals surface area contributed by atoms with Gasteiger partial charge in [-0.25, -0.2) is 0 Å². The van der Waals surface area contributed by atoms with Crippen LogP contribution in [0.25, 0.3) is 0 Å². The number of hydrogen-bond acceptors (Lipinski definition) is 3. The molecule has 2 N–H and O–H groups in total. The summed E-state index contributed by atoms with van der Waals surface area (Å²) in [5.74, 6) is 2.00. The van der Waals surface area contributed by atoms with Crippen molar-refractivity contribution < 1.29 is 5.11 Å². The fourth-order valence-electron chi connectivity index (χ4n) is 1.57. The molecule has 18 heavy (non-hydrogen) atoms. The van der Waals surface area contributed by atoms with Gasteiger partial charge >= 0.3 is 0 Å². The minimum Gasteiger partial charge on any atom is -0.396 e. The Hall–Kier alpha value is -0.510. The van der Waals surface area contributed by atoms with E-state index in [1.807, 2.05) is 11.8 Å². The highest BCUT2D eigenvalue weighted by molar-refractivity contribution is 7.99. The molecule has 102 valence electrons. The minimum atomic E-state index is 0.265. The van der Waals surface area contributed by atoms with Crippen LogP contribution in [0.4, 0.5) is 0 Å². The standard InChI is InChI=1S/C15H25NOS/c1-12(2)8-16-9-14-6-4-5-7-15(14)18-11-13(3)10-17/h4-7,12-13,16-17H,8-11H2,1-3H3. The first-order chi connectivity index (χ1) is 8.63. The monoisotopic (exact) mass is 267 g/mol. The third kappa shape index (κ3) is 5.89. The van der Waals surface area contributed by atoms with E-state index in [2.05, 4.69) is 50.4 Å². The third-order valence-electron chi connectivity index (χ3n) is 2.68. The number of benzene rings is 1. The van der Waals surface area contributed by atoms with Gasteiger partial charge in [-0.15, -0.1) is 11.8 Å². The number of aliphatic hydroxyl groups excluding tert-OH is 1. The molecule has 0 heterocycles. The summed E-state index contributed by atoms with van der Waals surface area (Å²) < 4.78 is 0. The maximum Gasteiger partial charge on any atom is 0.0464 e. The Balaban J connectivity index is 2.50. The van der Waals surface area contributed by atoms with E-state index in [9.17, 15) is 0 Å². The van der Waals surface area contributed by atoms with E-state index in [1.54, 1.807) is 0 Å². The van der Waals surface area contributed by atoms with E-state index in [4.69, 9.17) is 5.11 Å². The molecule has 0 fully saturated rings. The summed E-state index contributed by atoms with van der Waals surface area (Å²) in [5, 5.41) is 12.5. The Bertz CT molecular complexity index is 341. The molecule has 1 rings (SSSR count). The van der Waals surface area contributed by atoms with Gasteiger partial charge in [-0.1, -0.05) is 39.0 Å². The van der Waals surface area contributed by atoms with Gasteiger partial charge in [0.05, 0.1) is 0 Å². The van der Waals surface area contributed by atoms with Crippen LogP contribution in [-0.4, -0.2) is 24.0 Å². The van der Waals surface area contributed by atoms with Crippen molar-refractivity contribution in [3.8, 4) is 0 Å². The molecule has 0 aliphatic heterocycles. The van der Waals surface area contributed by atoms with Crippen LogP contribution in [0.15, 0.2) is 29.2 Å². The molecule has 0 aliphatic carbocycles. The molecule has 0 radical (unpaired) electrons. The zero-order chi connectivity index (χ0) is 13.4. The molecule has 0 saturated heterocycles. The van der Waals surface area contributed by atoms with Gasteiger partial charge in [-0.2, -0.15) is 0 Å². The first-order valence-electron chi connectivity index (χ1n) is 6.65. The Labute approximate surface area is 115 Å². The van der Waals surface area contributed by atoms with Crippen LogP contribution >= 0.6 is 11.8 Å². The zero-order valence-electron chi connectivity index (χ0n) is 11.6. The topological polar surface area (TPSA) is 32.3 Å². The molecule has 3 heteroatoms. The van der Waals surface area contributed by atoms with Gasteiger partial charge < -0.3 is 10.4 Å². The van der Waals surface area contributed by atoms with Gasteiger partial charge in [0.1, 0.15) is 0 Å². The largest absolute Gasteiger partial charge is 0.396 e. The predicted octanol–water partition coefficient (Wildman–Crippen LogP) is 3.15. The van der Waals surface area contributed by atoms with Crippen molar-refractivity contribution in [2.45, 2.75) is 32.2 Å². The van der Waals surface area contributed by atoms with Crippen molar-refractivity contribution >= 4 is 11.8 Å². The normalized spacial score (nSPS) is 12.9. The van der Waals surface area contributed by atoms with Gasteiger partial charge in [0.25, 0.3) is 0 Å². The summed E-state index contributed by atoms with van der Waals surface area (Å²) in [6.07, 6.45) is 0. The highest BCUT2D eigenvalue weighted by atomic mass is 32.2. The first kappa shape index (κ1) is 15.5. The second-order valence-electron chi connectivity index (χ2n) is 5.23. The number of nitrogens with one attached hydrogen (secondary N) is 1. The fraction of sp³-hybridized carbons (Fsp3) is 0.600. The molecule has 1 aromatic carbocycles. The Morgan fingerprint density at radius 3 is 2.61 bits per heavy atom. The molecule has 1 aromatic rings. The number of rotatable bonds is 8. The molecule has 0 saturated carbocycles. The van der Waals surface area contributed by atoms with E-state index in [0.717, 1.165) is 18.8 Å². The predicted molar refractivity (Wildman–Crippen MR) is 80.0 cm³/mol. The van der Waals surface area contributed by atoms with Crippen molar-refractivity contribution in [3.05, 3.63) is 29.8 Å². The Morgan fingerprint density at radius 1 is 1.22 bits per heavy atom. The second kappa shape index (κ2) is 8.57. The zero-order valence-corrected chi connectivity index (χ0v) is 12.5. The van der Waals surface area contributed by atoms with E-state index < -0.39 is 0 Å². The van der Waals surface area contributed by atoms with E-state index in [-0.39, 0.29) is 6.61 Å². The summed E-state index contributed by atoms with van der Waals surface area (Å²) in [5.41, 5.74) is 1.35. The van der Waals surface area contributed by atoms with Crippen LogP contribution in [0.5, 0.6) is 0 Å². The van der Waals surface area contributed by atoms with E-state index in [1.165, 1.54) is 10.5 Å². The fourth-order valence-corrected chi connectivity index (χ4v) is 2.64. The van der Waals surface area contributed by atoms with Gasteiger partial charge in [-0.05, 0) is 30.0 Å². The second-order valence-corrected chi connectivity index (χ2v) is 6.29. The van der Waals surface area contributed by atoms with Gasteiger partial charge in [0, 0.05) is 23.8 Å². The van der Waals surface area contributed by atoms with Crippen LogP contribution in [0.3, 0.4) is 0 Å². The molecule has 2 nitrogen and oxygen atoms in total. The summed E-state index contributed by atoms with van der Waals surface area (Å²) in [4.78, 5) is 1.33. The molecule has 0 amide bonds. The molecule has 1 atom stereocenters. The van der Waals surface area contributed by atoms with E-state index >= 15 is 0 Å². The molecule has 0 aliphatic rings. The lowest BCUT2D eigenvalue weighted by Gasteiger charge is -2.13.